The van der Waals surface area contributed by atoms with E-state index in [-0.39, 0.29) is 17.9 Å². The molecule has 2 aromatic carbocycles. The Bertz CT molecular complexity index is 617. The highest BCUT2D eigenvalue weighted by Crippen LogP contribution is 2.25. The van der Waals surface area contributed by atoms with Crippen LogP contribution < -0.4 is 5.32 Å². The molecule has 0 bridgehead atoms. The van der Waals surface area contributed by atoms with Crippen LogP contribution in [0.25, 0.3) is 0 Å². The van der Waals surface area contributed by atoms with Crippen molar-refractivity contribution in [1.29, 1.82) is 0 Å². The van der Waals surface area contributed by atoms with E-state index in [0.29, 0.717) is 0 Å². The van der Waals surface area contributed by atoms with E-state index in [1.165, 1.54) is 12.1 Å². The molecule has 0 aliphatic carbocycles. The van der Waals surface area contributed by atoms with Gasteiger partial charge >= 0.3 is 0 Å². The highest BCUT2D eigenvalue weighted by Gasteiger charge is 2.14. The van der Waals surface area contributed by atoms with Crippen LogP contribution >= 0.6 is 27.5 Å². The van der Waals surface area contributed by atoms with Gasteiger partial charge in [-0.3, -0.25) is 0 Å². The second kappa shape index (κ2) is 7.39. The average Bonchev–Trinajstić information content (AvgIpc) is 2.41. The molecule has 4 heteroatoms. The highest BCUT2D eigenvalue weighted by atomic mass is 79.9. The molecule has 0 radical (unpaired) electrons. The van der Waals surface area contributed by atoms with Crippen molar-refractivity contribution in [1.82, 2.24) is 5.32 Å². The first-order valence-electron chi connectivity index (χ1n) is 6.91. The molecular weight excluding hydrogens is 353 g/mol. The summed E-state index contributed by atoms with van der Waals surface area (Å²) in [5, 5.41) is 4.31. The van der Waals surface area contributed by atoms with Gasteiger partial charge in [0.15, 0.2) is 0 Å². The Morgan fingerprint density at radius 2 is 1.90 bits per heavy atom. The molecule has 2 atom stereocenters. The molecule has 0 aromatic heterocycles. The van der Waals surface area contributed by atoms with E-state index in [1.807, 2.05) is 24.3 Å². The number of hydrogen-bond acceptors (Lipinski definition) is 1. The zero-order valence-corrected chi connectivity index (χ0v) is 14.4. The van der Waals surface area contributed by atoms with Crippen molar-refractivity contribution in [2.45, 2.75) is 32.4 Å². The van der Waals surface area contributed by atoms with Crippen LogP contribution in [0.15, 0.2) is 46.9 Å². The quantitative estimate of drug-likeness (QED) is 0.730. The van der Waals surface area contributed by atoms with Gasteiger partial charge < -0.3 is 5.32 Å². The second-order valence-corrected chi connectivity index (χ2v) is 6.51. The van der Waals surface area contributed by atoms with Crippen LogP contribution in [0.5, 0.6) is 0 Å². The fraction of sp³-hybridized carbons (Fsp3) is 0.294. The fourth-order valence-corrected chi connectivity index (χ4v) is 3.33. The van der Waals surface area contributed by atoms with Crippen molar-refractivity contribution in [2.24, 2.45) is 0 Å². The molecule has 2 aromatic rings. The average molecular weight is 371 g/mol. The molecule has 0 saturated carbocycles. The van der Waals surface area contributed by atoms with Crippen LogP contribution in [0.1, 0.15) is 31.0 Å². The van der Waals surface area contributed by atoms with Gasteiger partial charge in [0.05, 0.1) is 0 Å². The molecule has 0 saturated heterocycles. The van der Waals surface area contributed by atoms with E-state index in [0.717, 1.165) is 27.0 Å². The van der Waals surface area contributed by atoms with Crippen molar-refractivity contribution in [2.75, 3.05) is 0 Å². The SMILES string of the molecule is CC(Cc1ccccc1Cl)NC(C)c1ccc(F)cc1Br. The fourth-order valence-electron chi connectivity index (χ4n) is 2.42. The lowest BCUT2D eigenvalue weighted by molar-refractivity contribution is 0.475. The lowest BCUT2D eigenvalue weighted by atomic mass is 10.0. The second-order valence-electron chi connectivity index (χ2n) is 5.25. The van der Waals surface area contributed by atoms with Gasteiger partial charge in [0.25, 0.3) is 0 Å². The van der Waals surface area contributed by atoms with Gasteiger partial charge in [-0.15, -0.1) is 0 Å². The van der Waals surface area contributed by atoms with Gasteiger partial charge in [-0.05, 0) is 49.6 Å². The molecule has 0 aliphatic rings. The van der Waals surface area contributed by atoms with Crippen LogP contribution in [0.3, 0.4) is 0 Å². The number of rotatable bonds is 5. The van der Waals surface area contributed by atoms with E-state index in [1.54, 1.807) is 6.07 Å². The summed E-state index contributed by atoms with van der Waals surface area (Å²) in [6.07, 6.45) is 0.850. The maximum atomic E-state index is 13.1. The standard InChI is InChI=1S/C17H18BrClFN/c1-11(9-13-5-3-4-6-17(13)19)21-12(2)15-8-7-14(20)10-16(15)18/h3-8,10-12,21H,9H2,1-2H3. The Labute approximate surface area is 138 Å². The monoisotopic (exact) mass is 369 g/mol. The minimum Gasteiger partial charge on any atom is -0.307 e. The zero-order chi connectivity index (χ0) is 15.4. The van der Waals surface area contributed by atoms with Gasteiger partial charge in [0.1, 0.15) is 5.82 Å². The molecular formula is C17H18BrClFN. The van der Waals surface area contributed by atoms with E-state index >= 15 is 0 Å². The molecule has 0 spiro atoms. The minimum absolute atomic E-state index is 0.123. The Balaban J connectivity index is 2.02. The number of nitrogens with one attached hydrogen (secondary N) is 1. The van der Waals surface area contributed by atoms with Crippen LogP contribution in [-0.2, 0) is 6.42 Å². The highest BCUT2D eigenvalue weighted by molar-refractivity contribution is 9.10. The number of hydrogen-bond donors (Lipinski definition) is 1. The Morgan fingerprint density at radius 1 is 1.19 bits per heavy atom. The summed E-state index contributed by atoms with van der Waals surface area (Å²) in [6.45, 7) is 4.19. The van der Waals surface area contributed by atoms with E-state index in [9.17, 15) is 4.39 Å². The third-order valence-electron chi connectivity index (χ3n) is 3.45. The lowest BCUT2D eigenvalue weighted by Crippen LogP contribution is -2.31. The van der Waals surface area contributed by atoms with E-state index in [4.69, 9.17) is 11.6 Å². The van der Waals surface area contributed by atoms with Gasteiger partial charge in [0.2, 0.25) is 0 Å². The van der Waals surface area contributed by atoms with Gasteiger partial charge in [-0.1, -0.05) is 51.8 Å². The molecule has 0 amide bonds. The van der Waals surface area contributed by atoms with Crippen LogP contribution in [0, 0.1) is 5.82 Å². The Hall–Kier alpha value is -0.900. The molecule has 21 heavy (non-hydrogen) atoms. The molecule has 0 aliphatic heterocycles. The topological polar surface area (TPSA) is 12.0 Å². The van der Waals surface area contributed by atoms with Crippen molar-refractivity contribution < 1.29 is 4.39 Å². The number of benzene rings is 2. The normalized spacial score (nSPS) is 14.0. The summed E-state index contributed by atoms with van der Waals surface area (Å²) in [6, 6.07) is 13.0. The van der Waals surface area contributed by atoms with Gasteiger partial charge in [-0.2, -0.15) is 0 Å². The summed E-state index contributed by atoms with van der Waals surface area (Å²) in [5.41, 5.74) is 2.17. The predicted octanol–water partition coefficient (Wildman–Crippen LogP) is 5.52. The van der Waals surface area contributed by atoms with Crippen molar-refractivity contribution in [3.63, 3.8) is 0 Å². The maximum absolute atomic E-state index is 13.1. The largest absolute Gasteiger partial charge is 0.307 e. The first-order chi connectivity index (χ1) is 9.97. The molecule has 0 fully saturated rings. The van der Waals surface area contributed by atoms with E-state index in [2.05, 4.69) is 35.1 Å². The molecule has 2 rings (SSSR count). The predicted molar refractivity (Wildman–Crippen MR) is 90.3 cm³/mol. The van der Waals surface area contributed by atoms with Crippen molar-refractivity contribution >= 4 is 27.5 Å². The summed E-state index contributed by atoms with van der Waals surface area (Å²) in [7, 11) is 0. The summed E-state index contributed by atoms with van der Waals surface area (Å²) in [4.78, 5) is 0. The Morgan fingerprint density at radius 3 is 2.57 bits per heavy atom. The molecule has 112 valence electrons. The lowest BCUT2D eigenvalue weighted by Gasteiger charge is -2.22. The minimum atomic E-state index is -0.234. The van der Waals surface area contributed by atoms with Crippen LogP contribution in [0.2, 0.25) is 5.02 Å². The third-order valence-corrected chi connectivity index (χ3v) is 4.50. The smallest absolute Gasteiger partial charge is 0.124 e. The Kier molecular flexibility index (Phi) is 5.80. The van der Waals surface area contributed by atoms with E-state index < -0.39 is 0 Å². The maximum Gasteiger partial charge on any atom is 0.124 e. The van der Waals surface area contributed by atoms with Crippen LogP contribution in [0.4, 0.5) is 4.39 Å². The summed E-state index contributed by atoms with van der Waals surface area (Å²) < 4.78 is 13.9. The van der Waals surface area contributed by atoms with Crippen LogP contribution in [-0.4, -0.2) is 6.04 Å². The number of halogens is 3. The molecule has 1 N–H and O–H groups in total. The molecule has 1 nitrogen and oxygen atoms in total. The first-order valence-corrected chi connectivity index (χ1v) is 8.09. The summed E-state index contributed by atoms with van der Waals surface area (Å²) in [5.74, 6) is -0.234. The third kappa shape index (κ3) is 4.53. The summed E-state index contributed by atoms with van der Waals surface area (Å²) >= 11 is 9.60. The zero-order valence-electron chi connectivity index (χ0n) is 12.0. The first kappa shape index (κ1) is 16.5. The van der Waals surface area contributed by atoms with Crippen molar-refractivity contribution in [3.8, 4) is 0 Å². The van der Waals surface area contributed by atoms with Crippen molar-refractivity contribution in [3.05, 3.63) is 68.9 Å². The molecule has 0 heterocycles. The van der Waals surface area contributed by atoms with Gasteiger partial charge in [-0.25, -0.2) is 4.39 Å². The molecule has 2 unspecified atom stereocenters. The van der Waals surface area contributed by atoms with Gasteiger partial charge in [0, 0.05) is 21.6 Å².